The molecule has 0 bridgehead atoms. The van der Waals surface area contributed by atoms with Crippen molar-refractivity contribution in [2.45, 2.75) is 113 Å². The fourth-order valence-corrected chi connectivity index (χ4v) is 8.16. The quantitative estimate of drug-likeness (QED) is 0.0393. The maximum Gasteiger partial charge on any atom is 0.276 e. The topological polar surface area (TPSA) is 234 Å². The van der Waals surface area contributed by atoms with Crippen molar-refractivity contribution in [3.8, 4) is 5.75 Å². The molecule has 0 saturated heterocycles. The SMILES string of the molecule is CCn1nc(C)cc1C(=O)Nc1nc2cc(C(N)=O)ccc2n1C/C(C)=C(\C)Cn1c(NC(=O)c2cc(C)nn2CC)nc2cc(C(N)=O)cc(OCCCO[Si](C)(C)C(C)(C)C)c21. The Bertz CT molecular complexity index is 2800. The first-order valence-corrected chi connectivity index (χ1v) is 24.3. The van der Waals surface area contributed by atoms with Gasteiger partial charge in [-0.05, 0) is 102 Å². The van der Waals surface area contributed by atoms with Gasteiger partial charge in [0.25, 0.3) is 11.8 Å². The monoisotopic (exact) mass is 892 g/mol. The van der Waals surface area contributed by atoms with E-state index >= 15 is 0 Å². The normalized spacial score (nSPS) is 12.5. The second-order valence-corrected chi connectivity index (χ2v) is 22.4. The number of allylic oxidation sites excluding steroid dienone is 2. The van der Waals surface area contributed by atoms with Crippen LogP contribution < -0.4 is 26.8 Å². The summed E-state index contributed by atoms with van der Waals surface area (Å²) in [5.74, 6) is -1.24. The molecule has 4 amide bonds. The Morgan fingerprint density at radius 2 is 1.23 bits per heavy atom. The molecule has 0 radical (unpaired) electrons. The Morgan fingerprint density at radius 3 is 1.77 bits per heavy atom. The molecule has 0 aliphatic carbocycles. The van der Waals surface area contributed by atoms with E-state index < -0.39 is 31.9 Å². The molecule has 0 fully saturated rings. The van der Waals surface area contributed by atoms with Gasteiger partial charge in [-0.2, -0.15) is 10.2 Å². The number of nitrogens with two attached hydrogens (primary N) is 2. The molecular weight excluding hydrogens is 833 g/mol. The van der Waals surface area contributed by atoms with Gasteiger partial charge in [-0.1, -0.05) is 31.9 Å². The minimum atomic E-state index is -1.99. The summed E-state index contributed by atoms with van der Waals surface area (Å²) in [5.41, 5.74) is 17.9. The fourth-order valence-electron chi connectivity index (χ4n) is 7.07. The third kappa shape index (κ3) is 9.94. The number of nitrogens with one attached hydrogen (secondary N) is 2. The molecule has 0 aliphatic rings. The van der Waals surface area contributed by atoms with E-state index in [4.69, 9.17) is 30.6 Å². The second-order valence-electron chi connectivity index (χ2n) is 17.6. The minimum Gasteiger partial charge on any atom is -0.491 e. The Morgan fingerprint density at radius 1 is 0.719 bits per heavy atom. The van der Waals surface area contributed by atoms with Gasteiger partial charge < -0.3 is 29.8 Å². The first-order chi connectivity index (χ1) is 30.1. The molecule has 6 aromatic rings. The Labute approximate surface area is 373 Å². The van der Waals surface area contributed by atoms with Crippen LogP contribution in [0.5, 0.6) is 5.75 Å². The predicted octanol–water partition coefficient (Wildman–Crippen LogP) is 6.97. The minimum absolute atomic E-state index is 0.0492. The van der Waals surface area contributed by atoms with Crippen LogP contribution in [0.25, 0.3) is 22.1 Å². The molecule has 2 aromatic carbocycles. The number of aryl methyl sites for hydroxylation is 4. The van der Waals surface area contributed by atoms with Gasteiger partial charge in [0.15, 0.2) is 8.32 Å². The van der Waals surface area contributed by atoms with Gasteiger partial charge in [-0.3, -0.25) is 39.2 Å². The molecule has 0 aliphatic heterocycles. The number of primary amides is 2. The van der Waals surface area contributed by atoms with Crippen molar-refractivity contribution in [3.63, 3.8) is 0 Å². The first-order valence-electron chi connectivity index (χ1n) is 21.4. The van der Waals surface area contributed by atoms with Gasteiger partial charge in [-0.25, -0.2) is 9.97 Å². The molecule has 64 heavy (non-hydrogen) atoms. The number of fused-ring (bicyclic) bond motifs is 2. The molecule has 0 unspecified atom stereocenters. The number of amides is 4. The van der Waals surface area contributed by atoms with Gasteiger partial charge in [0.05, 0.1) is 34.5 Å². The molecule has 19 heteroatoms. The summed E-state index contributed by atoms with van der Waals surface area (Å²) in [6.45, 7) is 24.6. The Hall–Kier alpha value is -6.60. The molecule has 0 spiro atoms. The van der Waals surface area contributed by atoms with Crippen molar-refractivity contribution in [1.82, 2.24) is 38.7 Å². The van der Waals surface area contributed by atoms with Gasteiger partial charge in [0.2, 0.25) is 23.7 Å². The van der Waals surface area contributed by atoms with Crippen LogP contribution in [0.4, 0.5) is 11.9 Å². The molecule has 0 atom stereocenters. The molecule has 6 rings (SSSR count). The third-order valence-electron chi connectivity index (χ3n) is 11.8. The lowest BCUT2D eigenvalue weighted by Gasteiger charge is -2.36. The van der Waals surface area contributed by atoms with E-state index in [0.29, 0.717) is 76.7 Å². The molecule has 4 heterocycles. The zero-order valence-electron chi connectivity index (χ0n) is 38.7. The summed E-state index contributed by atoms with van der Waals surface area (Å²) in [7, 11) is -1.99. The van der Waals surface area contributed by atoms with Gasteiger partial charge >= 0.3 is 0 Å². The number of hydrogen-bond donors (Lipinski definition) is 4. The average Bonchev–Trinajstić information content (AvgIpc) is 3.99. The van der Waals surface area contributed by atoms with Crippen molar-refractivity contribution in [2.75, 3.05) is 23.8 Å². The van der Waals surface area contributed by atoms with Crippen LogP contribution in [0, 0.1) is 13.8 Å². The summed E-state index contributed by atoms with van der Waals surface area (Å²) in [6.07, 6.45) is 0.587. The fraction of sp³-hybridized carbons (Fsp3) is 0.422. The lowest BCUT2D eigenvalue weighted by molar-refractivity contribution is 0.0992. The average molecular weight is 893 g/mol. The number of imidazole rings is 2. The Kier molecular flexibility index (Phi) is 13.6. The largest absolute Gasteiger partial charge is 0.491 e. The number of ether oxygens (including phenoxy) is 1. The van der Waals surface area contributed by atoms with Crippen LogP contribution in [-0.4, -0.2) is 83.8 Å². The summed E-state index contributed by atoms with van der Waals surface area (Å²) in [6, 6.07) is 11.6. The van der Waals surface area contributed by atoms with Crippen LogP contribution in [-0.2, 0) is 30.6 Å². The second kappa shape index (κ2) is 18.6. The van der Waals surface area contributed by atoms with Crippen molar-refractivity contribution >= 4 is 65.9 Å². The van der Waals surface area contributed by atoms with E-state index in [1.807, 2.05) is 50.7 Å². The van der Waals surface area contributed by atoms with Crippen LogP contribution in [0.15, 0.2) is 53.6 Å². The highest BCUT2D eigenvalue weighted by molar-refractivity contribution is 6.74. The van der Waals surface area contributed by atoms with Gasteiger partial charge in [0.1, 0.15) is 22.7 Å². The van der Waals surface area contributed by atoms with Crippen LogP contribution in [0.3, 0.4) is 0 Å². The van der Waals surface area contributed by atoms with E-state index in [0.717, 1.165) is 11.1 Å². The van der Waals surface area contributed by atoms with E-state index in [2.05, 4.69) is 54.7 Å². The van der Waals surface area contributed by atoms with E-state index in [-0.39, 0.29) is 47.8 Å². The third-order valence-corrected chi connectivity index (χ3v) is 16.3. The first kappa shape index (κ1) is 46.9. The van der Waals surface area contributed by atoms with Crippen molar-refractivity contribution in [3.05, 3.63) is 87.5 Å². The highest BCUT2D eigenvalue weighted by atomic mass is 28.4. The van der Waals surface area contributed by atoms with E-state index in [1.54, 1.807) is 51.8 Å². The van der Waals surface area contributed by atoms with Crippen molar-refractivity contribution in [1.29, 1.82) is 0 Å². The van der Waals surface area contributed by atoms with E-state index in [1.165, 1.54) is 0 Å². The van der Waals surface area contributed by atoms with Crippen molar-refractivity contribution in [2.24, 2.45) is 11.5 Å². The number of carbonyl (C=O) groups is 4. The van der Waals surface area contributed by atoms with Crippen molar-refractivity contribution < 1.29 is 28.3 Å². The lowest BCUT2D eigenvalue weighted by atomic mass is 10.1. The predicted molar refractivity (Wildman–Crippen MR) is 249 cm³/mol. The van der Waals surface area contributed by atoms with Gasteiger partial charge in [0, 0.05) is 50.3 Å². The number of rotatable bonds is 18. The number of hydrogen-bond acceptors (Lipinski definition) is 10. The summed E-state index contributed by atoms with van der Waals surface area (Å²) >= 11 is 0. The van der Waals surface area contributed by atoms with E-state index in [9.17, 15) is 19.2 Å². The maximum absolute atomic E-state index is 14.0. The molecule has 18 nitrogen and oxygen atoms in total. The van der Waals surface area contributed by atoms with Gasteiger partial charge in [-0.15, -0.1) is 0 Å². The molecule has 4 aromatic heterocycles. The molecule has 0 saturated carbocycles. The van der Waals surface area contributed by atoms with Crippen LogP contribution >= 0.6 is 0 Å². The summed E-state index contributed by atoms with van der Waals surface area (Å²) in [5, 5.41) is 14.9. The number of nitrogens with zero attached hydrogens (tertiary/aromatic N) is 8. The zero-order chi connectivity index (χ0) is 46.8. The van der Waals surface area contributed by atoms with Crippen LogP contribution in [0.2, 0.25) is 18.1 Å². The summed E-state index contributed by atoms with van der Waals surface area (Å²) in [4.78, 5) is 62.1. The molecular formula is C45H60N12O6Si. The highest BCUT2D eigenvalue weighted by Crippen LogP contribution is 2.37. The number of carbonyl (C=O) groups excluding carboxylic acids is 4. The highest BCUT2D eigenvalue weighted by Gasteiger charge is 2.37. The smallest absolute Gasteiger partial charge is 0.276 e. The summed E-state index contributed by atoms with van der Waals surface area (Å²) < 4.78 is 19.8. The number of benzene rings is 2. The molecule has 340 valence electrons. The standard InChI is InChI=1S/C45H60N12O6Si/c1-12-56-35(19-28(5)52-56)41(60)50-43-48-32-21-30(39(46)58)15-16-34(32)54(43)24-26(3)27(4)25-55-38-33(49-44(55)51-42(61)36-20-29(6)53-57(36)13-2)22-31(40(47)59)23-37(38)62-17-14-18-63-64(10,11)45(7,8)9/h15-16,19-23H,12-14,17-18,24-25H2,1-11H3,(H2,46,58)(H2,47,59)(H,48,50,60)(H,49,51,61)/b27-26+. The number of aromatic nitrogens is 8. The maximum atomic E-state index is 14.0. The lowest BCUT2D eigenvalue weighted by Crippen LogP contribution is -2.41. The zero-order valence-corrected chi connectivity index (χ0v) is 39.7. The number of anilines is 2. The Balaban J connectivity index is 1.41. The van der Waals surface area contributed by atoms with Crippen LogP contribution in [0.1, 0.15) is 108 Å². The molecule has 6 N–H and O–H groups in total.